The maximum Gasteiger partial charge on any atom is 0.342 e. The topological polar surface area (TPSA) is 73.2 Å². The molecule has 2 fully saturated rings. The smallest absolute Gasteiger partial charge is 0.342 e. The zero-order valence-corrected chi connectivity index (χ0v) is 16.6. The van der Waals surface area contributed by atoms with Crippen molar-refractivity contribution in [2.45, 2.75) is 49.0 Å². The molecule has 4 aliphatic rings. The van der Waals surface area contributed by atoms with Crippen LogP contribution >= 0.6 is 0 Å². The Bertz CT molecular complexity index is 872. The summed E-state index contributed by atoms with van der Waals surface area (Å²) in [6, 6.07) is 7.62. The number of hydrogen-bond acceptors (Lipinski definition) is 6. The van der Waals surface area contributed by atoms with E-state index in [9.17, 15) is 15.0 Å². The molecule has 28 heavy (non-hydrogen) atoms. The Morgan fingerprint density at radius 1 is 1.32 bits per heavy atom. The molecule has 6 atom stereocenters. The molecule has 0 aromatic heterocycles. The van der Waals surface area contributed by atoms with Crippen LogP contribution in [0.15, 0.2) is 36.4 Å². The summed E-state index contributed by atoms with van der Waals surface area (Å²) in [5, 5.41) is 23.6. The van der Waals surface area contributed by atoms with E-state index in [0.717, 1.165) is 30.8 Å². The number of benzene rings is 1. The number of methoxy groups -OCH3 is 1. The Kier molecular flexibility index (Phi) is 3.62. The number of anilines is 1. The maximum atomic E-state index is 13.0. The van der Waals surface area contributed by atoms with Gasteiger partial charge in [0.2, 0.25) is 5.60 Å². The second-order valence-corrected chi connectivity index (χ2v) is 8.81. The number of hydrogen-bond donors (Lipinski definition) is 2. The van der Waals surface area contributed by atoms with Crippen molar-refractivity contribution in [1.29, 1.82) is 0 Å². The minimum Gasteiger partial charge on any atom is -0.467 e. The van der Waals surface area contributed by atoms with Gasteiger partial charge in [0.15, 0.2) is 0 Å². The number of ether oxygens (including phenoxy) is 1. The molecule has 1 aromatic carbocycles. The Morgan fingerprint density at radius 3 is 2.79 bits per heavy atom. The van der Waals surface area contributed by atoms with E-state index in [-0.39, 0.29) is 6.04 Å². The van der Waals surface area contributed by atoms with Crippen LogP contribution in [0.5, 0.6) is 0 Å². The van der Waals surface area contributed by atoms with Gasteiger partial charge in [0.05, 0.1) is 13.2 Å². The summed E-state index contributed by atoms with van der Waals surface area (Å²) in [7, 11) is 3.20. The summed E-state index contributed by atoms with van der Waals surface area (Å²) in [6.45, 7) is 3.74. The molecule has 1 aliphatic carbocycles. The summed E-state index contributed by atoms with van der Waals surface area (Å²) in [5.41, 5.74) is -1.00. The molecule has 1 aromatic rings. The largest absolute Gasteiger partial charge is 0.467 e. The lowest BCUT2D eigenvalue weighted by molar-refractivity contribution is -0.218. The number of carbonyl (C=O) groups is 1. The molecule has 0 bridgehead atoms. The lowest BCUT2D eigenvalue weighted by atomic mass is 9.48. The monoisotopic (exact) mass is 384 g/mol. The second-order valence-electron chi connectivity index (χ2n) is 8.81. The number of fused-ring (bicyclic) bond motifs is 1. The Balaban J connectivity index is 1.87. The van der Waals surface area contributed by atoms with Crippen molar-refractivity contribution in [3.63, 3.8) is 0 Å². The zero-order chi connectivity index (χ0) is 19.9. The molecule has 2 N–H and O–H groups in total. The summed E-state index contributed by atoms with van der Waals surface area (Å²) < 4.78 is 5.08. The summed E-state index contributed by atoms with van der Waals surface area (Å²) in [4.78, 5) is 17.5. The van der Waals surface area contributed by atoms with Crippen LogP contribution in [-0.2, 0) is 14.9 Å². The van der Waals surface area contributed by atoms with Gasteiger partial charge in [0, 0.05) is 36.2 Å². The first kappa shape index (κ1) is 18.2. The van der Waals surface area contributed by atoms with Gasteiger partial charge in [-0.15, -0.1) is 0 Å². The van der Waals surface area contributed by atoms with E-state index in [4.69, 9.17) is 4.74 Å². The van der Waals surface area contributed by atoms with E-state index in [1.54, 1.807) is 0 Å². The zero-order valence-electron chi connectivity index (χ0n) is 16.6. The number of aliphatic hydroxyl groups excluding tert-OH is 1. The highest BCUT2D eigenvalue weighted by atomic mass is 16.5. The molecule has 6 heteroatoms. The minimum absolute atomic E-state index is 0.0195. The molecule has 3 aliphatic heterocycles. The Hall–Kier alpha value is -1.89. The van der Waals surface area contributed by atoms with E-state index in [0.29, 0.717) is 6.42 Å². The van der Waals surface area contributed by atoms with E-state index >= 15 is 0 Å². The Morgan fingerprint density at radius 2 is 2.07 bits per heavy atom. The third kappa shape index (κ3) is 1.70. The van der Waals surface area contributed by atoms with Crippen LogP contribution in [0.2, 0.25) is 0 Å². The van der Waals surface area contributed by atoms with E-state index < -0.39 is 34.5 Å². The Labute approximate surface area is 165 Å². The average Bonchev–Trinajstić information content (AvgIpc) is 3.24. The maximum absolute atomic E-state index is 13.0. The van der Waals surface area contributed by atoms with Gasteiger partial charge < -0.3 is 19.8 Å². The highest BCUT2D eigenvalue weighted by Crippen LogP contribution is 2.66. The van der Waals surface area contributed by atoms with Gasteiger partial charge in [-0.1, -0.05) is 37.3 Å². The number of rotatable bonds is 2. The molecule has 1 saturated carbocycles. The first-order valence-electron chi connectivity index (χ1n) is 10.1. The second kappa shape index (κ2) is 5.59. The van der Waals surface area contributed by atoms with Crippen molar-refractivity contribution < 1.29 is 19.7 Å². The third-order valence-corrected chi connectivity index (χ3v) is 8.07. The van der Waals surface area contributed by atoms with Crippen LogP contribution in [0.3, 0.4) is 0 Å². The highest BCUT2D eigenvalue weighted by molar-refractivity contribution is 5.86. The number of aliphatic hydroxyl groups is 2. The molecule has 0 radical (unpaired) electrons. The van der Waals surface area contributed by atoms with Gasteiger partial charge in [-0.2, -0.15) is 0 Å². The van der Waals surface area contributed by atoms with Crippen molar-refractivity contribution in [2.24, 2.45) is 5.41 Å². The normalized spacial score (nSPS) is 43.5. The molecule has 0 amide bonds. The van der Waals surface area contributed by atoms with Gasteiger partial charge in [0.25, 0.3) is 0 Å². The molecule has 1 unspecified atom stereocenters. The number of carbonyl (C=O) groups excluding carboxylic acids is 1. The van der Waals surface area contributed by atoms with Crippen molar-refractivity contribution in [2.75, 3.05) is 32.1 Å². The van der Waals surface area contributed by atoms with Crippen LogP contribution in [0, 0.1) is 5.41 Å². The van der Waals surface area contributed by atoms with Crippen molar-refractivity contribution in [1.82, 2.24) is 4.90 Å². The first-order valence-corrected chi connectivity index (χ1v) is 10.1. The predicted molar refractivity (Wildman–Crippen MR) is 105 cm³/mol. The minimum atomic E-state index is -2.02. The van der Waals surface area contributed by atoms with Crippen molar-refractivity contribution in [3.8, 4) is 0 Å². The van der Waals surface area contributed by atoms with Crippen molar-refractivity contribution >= 4 is 11.7 Å². The van der Waals surface area contributed by atoms with Gasteiger partial charge >= 0.3 is 5.97 Å². The molecular weight excluding hydrogens is 356 g/mol. The van der Waals surface area contributed by atoms with Crippen LogP contribution < -0.4 is 4.90 Å². The number of esters is 1. The third-order valence-electron chi connectivity index (χ3n) is 8.07. The van der Waals surface area contributed by atoms with Crippen LogP contribution in [0.4, 0.5) is 5.69 Å². The molecule has 5 rings (SSSR count). The van der Waals surface area contributed by atoms with Crippen LogP contribution in [-0.4, -0.2) is 72.1 Å². The fourth-order valence-corrected chi connectivity index (χ4v) is 7.19. The van der Waals surface area contributed by atoms with E-state index in [2.05, 4.69) is 23.1 Å². The van der Waals surface area contributed by atoms with Crippen LogP contribution in [0.25, 0.3) is 0 Å². The van der Waals surface area contributed by atoms with Crippen molar-refractivity contribution in [3.05, 3.63) is 42.0 Å². The average molecular weight is 384 g/mol. The van der Waals surface area contributed by atoms with E-state index in [1.807, 2.05) is 37.1 Å². The number of nitrogens with zero attached hydrogens (tertiary/aromatic N) is 2. The number of likely N-dealkylation sites (N-methyl/N-ethyl adjacent to an activating group) is 1. The quantitative estimate of drug-likeness (QED) is 0.587. The lowest BCUT2D eigenvalue weighted by Gasteiger charge is -2.63. The van der Waals surface area contributed by atoms with Gasteiger partial charge in [-0.05, 0) is 31.0 Å². The standard InChI is InChI=1S/C22H28N2O4/c1-4-20-10-7-12-24-13-11-21(16(20)24)14-8-5-6-9-15(14)23(2)17(21)22(27,18(20)25)19(26)28-3/h5-10,16-18,25,27H,4,11-13H2,1-3H3/t16-,17?,18+,20+,21+,22-/m0/s1. The first-order chi connectivity index (χ1) is 13.4. The summed E-state index contributed by atoms with van der Waals surface area (Å²) in [6.07, 6.45) is 4.33. The molecule has 6 nitrogen and oxygen atoms in total. The molecular formula is C22H28N2O4. The lowest BCUT2D eigenvalue weighted by Crippen LogP contribution is -2.80. The van der Waals surface area contributed by atoms with E-state index in [1.165, 1.54) is 7.11 Å². The fourth-order valence-electron chi connectivity index (χ4n) is 7.19. The predicted octanol–water partition coefficient (Wildman–Crippen LogP) is 1.06. The molecule has 150 valence electrons. The fraction of sp³-hybridized carbons (Fsp3) is 0.591. The van der Waals surface area contributed by atoms with Gasteiger partial charge in [-0.25, -0.2) is 4.79 Å². The molecule has 1 spiro atoms. The summed E-state index contributed by atoms with van der Waals surface area (Å²) in [5.74, 6) is -0.757. The van der Waals surface area contributed by atoms with Gasteiger partial charge in [-0.3, -0.25) is 4.90 Å². The van der Waals surface area contributed by atoms with Crippen LogP contribution in [0.1, 0.15) is 25.3 Å². The summed E-state index contributed by atoms with van der Waals surface area (Å²) >= 11 is 0. The highest BCUT2D eigenvalue weighted by Gasteiger charge is 2.78. The molecule has 3 heterocycles. The number of para-hydroxylation sites is 1. The van der Waals surface area contributed by atoms with Gasteiger partial charge in [0.1, 0.15) is 6.10 Å². The SMILES string of the molecule is CC[C@]12C=CCN3CC[C@@]4(c5ccccc5N(C)C4[C@@](O)(C(=O)OC)[C@@H]1O)[C@@H]32. The molecule has 1 saturated heterocycles.